The fraction of sp³-hybridized carbons (Fsp3) is 0.150. The number of allylic oxidation sites excluding steroid dienone is 1. The first kappa shape index (κ1) is 15.9. The Hall–Kier alpha value is -3.01. The van der Waals surface area contributed by atoms with Crippen molar-refractivity contribution in [3.63, 3.8) is 0 Å². The number of rotatable bonds is 4. The van der Waals surface area contributed by atoms with Crippen LogP contribution in [0.25, 0.3) is 6.08 Å². The van der Waals surface area contributed by atoms with E-state index in [1.165, 1.54) is 0 Å². The predicted octanol–water partition coefficient (Wildman–Crippen LogP) is 3.89. The van der Waals surface area contributed by atoms with Crippen molar-refractivity contribution in [2.45, 2.75) is 19.8 Å². The maximum atomic E-state index is 12.3. The molecule has 24 heavy (non-hydrogen) atoms. The number of Topliss-reactive ketones (excluding diaryl/α,β-unsaturated/α-hetero) is 2. The third-order valence-corrected chi connectivity index (χ3v) is 3.89. The van der Waals surface area contributed by atoms with Gasteiger partial charge in [-0.3, -0.25) is 14.4 Å². The van der Waals surface area contributed by atoms with Crippen molar-refractivity contribution >= 4 is 29.2 Å². The summed E-state index contributed by atoms with van der Waals surface area (Å²) in [6.45, 7) is 1.95. The van der Waals surface area contributed by atoms with Gasteiger partial charge in [-0.2, -0.15) is 0 Å². The lowest BCUT2D eigenvalue weighted by molar-refractivity contribution is -0.116. The zero-order valence-electron chi connectivity index (χ0n) is 13.3. The minimum atomic E-state index is -0.240. The molecule has 1 aliphatic rings. The predicted molar refractivity (Wildman–Crippen MR) is 93.1 cm³/mol. The number of carbonyl (C=O) groups excluding carboxylic acids is 3. The largest absolute Gasteiger partial charge is 0.326 e. The Labute approximate surface area is 140 Å². The van der Waals surface area contributed by atoms with E-state index in [9.17, 15) is 14.4 Å². The lowest BCUT2D eigenvalue weighted by Crippen LogP contribution is -2.10. The van der Waals surface area contributed by atoms with Gasteiger partial charge in [0, 0.05) is 23.2 Å². The van der Waals surface area contributed by atoms with E-state index in [4.69, 9.17) is 0 Å². The van der Waals surface area contributed by atoms with Crippen LogP contribution in [0.2, 0.25) is 0 Å². The molecule has 0 aromatic heterocycles. The number of carbonyl (C=O) groups is 3. The number of fused-ring (bicyclic) bond motifs is 1. The molecule has 0 unspecified atom stereocenters. The van der Waals surface area contributed by atoms with Crippen LogP contribution in [0.3, 0.4) is 0 Å². The molecular formula is C20H17NO3. The highest BCUT2D eigenvalue weighted by atomic mass is 16.2. The molecule has 4 nitrogen and oxygen atoms in total. The first-order chi connectivity index (χ1) is 11.6. The summed E-state index contributed by atoms with van der Waals surface area (Å²) in [5, 5.41) is 2.80. The Morgan fingerprint density at radius 3 is 2.08 bits per heavy atom. The summed E-state index contributed by atoms with van der Waals surface area (Å²) in [6.07, 6.45) is 2.87. The van der Waals surface area contributed by atoms with Gasteiger partial charge >= 0.3 is 0 Å². The molecule has 1 aliphatic carbocycles. The molecule has 1 amide bonds. The highest BCUT2D eigenvalue weighted by Gasteiger charge is 2.32. The van der Waals surface area contributed by atoms with Gasteiger partial charge in [0.25, 0.3) is 0 Å². The molecule has 0 radical (unpaired) electrons. The van der Waals surface area contributed by atoms with E-state index in [0.29, 0.717) is 23.2 Å². The molecule has 0 atom stereocenters. The molecule has 0 heterocycles. The van der Waals surface area contributed by atoms with Crippen LogP contribution in [-0.2, 0) is 4.79 Å². The Balaban J connectivity index is 1.81. The highest BCUT2D eigenvalue weighted by molar-refractivity contribution is 6.41. The Morgan fingerprint density at radius 1 is 0.958 bits per heavy atom. The topological polar surface area (TPSA) is 63.2 Å². The summed E-state index contributed by atoms with van der Waals surface area (Å²) in [5.41, 5.74) is 2.53. The zero-order chi connectivity index (χ0) is 17.1. The molecule has 0 bridgehead atoms. The maximum Gasteiger partial charge on any atom is 0.224 e. The van der Waals surface area contributed by atoms with Gasteiger partial charge in [0.05, 0.1) is 5.57 Å². The van der Waals surface area contributed by atoms with Crippen molar-refractivity contribution in [2.24, 2.45) is 0 Å². The average molecular weight is 319 g/mol. The van der Waals surface area contributed by atoms with Gasteiger partial charge in [-0.25, -0.2) is 0 Å². The molecule has 4 heteroatoms. The van der Waals surface area contributed by atoms with E-state index < -0.39 is 0 Å². The van der Waals surface area contributed by atoms with Crippen LogP contribution in [0.15, 0.2) is 54.1 Å². The van der Waals surface area contributed by atoms with Gasteiger partial charge in [0.15, 0.2) is 11.6 Å². The Kier molecular flexibility index (Phi) is 4.38. The van der Waals surface area contributed by atoms with Crippen molar-refractivity contribution in [3.05, 3.63) is 70.8 Å². The molecular weight excluding hydrogens is 302 g/mol. The standard InChI is InChI=1S/C20H17NO3/c1-2-5-18(22)21-14-10-8-13(9-11-14)12-17-19(23)15-6-3-4-7-16(15)20(17)24/h3-4,6-12H,2,5H2,1H3,(H,21,22). The third kappa shape index (κ3) is 3.04. The van der Waals surface area contributed by atoms with Crippen LogP contribution in [0.5, 0.6) is 0 Å². The van der Waals surface area contributed by atoms with Crippen molar-refractivity contribution in [1.82, 2.24) is 0 Å². The second kappa shape index (κ2) is 6.62. The molecule has 0 fully saturated rings. The zero-order valence-corrected chi connectivity index (χ0v) is 13.3. The van der Waals surface area contributed by atoms with E-state index in [2.05, 4.69) is 5.32 Å². The summed E-state index contributed by atoms with van der Waals surface area (Å²) in [5.74, 6) is -0.507. The molecule has 0 saturated carbocycles. The molecule has 0 spiro atoms. The third-order valence-electron chi connectivity index (χ3n) is 3.89. The van der Waals surface area contributed by atoms with Crippen LogP contribution in [0, 0.1) is 0 Å². The molecule has 2 aromatic carbocycles. The summed E-state index contributed by atoms with van der Waals surface area (Å²) >= 11 is 0. The van der Waals surface area contributed by atoms with E-state index >= 15 is 0 Å². The number of nitrogens with one attached hydrogen (secondary N) is 1. The van der Waals surface area contributed by atoms with Gasteiger partial charge in [-0.15, -0.1) is 0 Å². The molecule has 3 rings (SSSR count). The average Bonchev–Trinajstić information content (AvgIpc) is 2.82. The van der Waals surface area contributed by atoms with Gasteiger partial charge in [-0.1, -0.05) is 43.3 Å². The van der Waals surface area contributed by atoms with Crippen LogP contribution in [-0.4, -0.2) is 17.5 Å². The number of hydrogen-bond acceptors (Lipinski definition) is 3. The van der Waals surface area contributed by atoms with Gasteiger partial charge in [-0.05, 0) is 30.2 Å². The van der Waals surface area contributed by atoms with Crippen molar-refractivity contribution in [3.8, 4) is 0 Å². The highest BCUT2D eigenvalue weighted by Crippen LogP contribution is 2.27. The second-order valence-electron chi connectivity index (χ2n) is 5.68. The maximum absolute atomic E-state index is 12.3. The number of hydrogen-bond donors (Lipinski definition) is 1. The lowest BCUT2D eigenvalue weighted by Gasteiger charge is -2.04. The van der Waals surface area contributed by atoms with Crippen LogP contribution in [0.1, 0.15) is 46.0 Å². The Morgan fingerprint density at radius 2 is 1.54 bits per heavy atom. The summed E-state index contributed by atoms with van der Waals surface area (Å²) in [6, 6.07) is 13.9. The molecule has 2 aromatic rings. The van der Waals surface area contributed by atoms with Gasteiger partial charge < -0.3 is 5.32 Å². The summed E-state index contributed by atoms with van der Waals surface area (Å²) in [4.78, 5) is 36.3. The van der Waals surface area contributed by atoms with E-state index in [0.717, 1.165) is 12.0 Å². The molecule has 1 N–H and O–H groups in total. The molecule has 0 aliphatic heterocycles. The molecule has 120 valence electrons. The quantitative estimate of drug-likeness (QED) is 0.687. The van der Waals surface area contributed by atoms with E-state index in [-0.39, 0.29) is 23.0 Å². The van der Waals surface area contributed by atoms with E-state index in [1.807, 2.05) is 6.92 Å². The fourth-order valence-electron chi connectivity index (χ4n) is 2.68. The number of anilines is 1. The number of ketones is 2. The van der Waals surface area contributed by atoms with Crippen LogP contribution >= 0.6 is 0 Å². The smallest absolute Gasteiger partial charge is 0.224 e. The number of amides is 1. The lowest BCUT2D eigenvalue weighted by atomic mass is 10.1. The van der Waals surface area contributed by atoms with Crippen molar-refractivity contribution < 1.29 is 14.4 Å². The minimum Gasteiger partial charge on any atom is -0.326 e. The Bertz CT molecular complexity index is 810. The SMILES string of the molecule is CCCC(=O)Nc1ccc(C=C2C(=O)c3ccccc3C2=O)cc1. The summed E-state index contributed by atoms with van der Waals surface area (Å²) < 4.78 is 0. The van der Waals surface area contributed by atoms with Crippen LogP contribution in [0.4, 0.5) is 5.69 Å². The van der Waals surface area contributed by atoms with Crippen molar-refractivity contribution in [2.75, 3.05) is 5.32 Å². The first-order valence-corrected chi connectivity index (χ1v) is 7.90. The van der Waals surface area contributed by atoms with Gasteiger partial charge in [0.2, 0.25) is 5.91 Å². The normalized spacial score (nSPS) is 13.0. The minimum absolute atomic E-state index is 0.0276. The van der Waals surface area contributed by atoms with Gasteiger partial charge in [0.1, 0.15) is 0 Å². The molecule has 0 saturated heterocycles. The van der Waals surface area contributed by atoms with Crippen LogP contribution < -0.4 is 5.32 Å². The number of benzene rings is 2. The first-order valence-electron chi connectivity index (χ1n) is 7.90. The van der Waals surface area contributed by atoms with E-state index in [1.54, 1.807) is 54.6 Å². The monoisotopic (exact) mass is 319 g/mol. The second-order valence-corrected chi connectivity index (χ2v) is 5.68. The fourth-order valence-corrected chi connectivity index (χ4v) is 2.68. The van der Waals surface area contributed by atoms with Crippen molar-refractivity contribution in [1.29, 1.82) is 0 Å². The summed E-state index contributed by atoms with van der Waals surface area (Å²) in [7, 11) is 0.